The van der Waals surface area contributed by atoms with E-state index in [1.165, 1.54) is 6.92 Å². The summed E-state index contributed by atoms with van der Waals surface area (Å²) in [5.74, 6) is 0. The molecule has 5 unspecified atom stereocenters. The topological polar surface area (TPSA) is 259 Å². The highest BCUT2D eigenvalue weighted by Gasteiger charge is 2.46. The predicted octanol–water partition coefficient (Wildman–Crippen LogP) is -3.37. The number of aromatic nitrogens is 2. The van der Waals surface area contributed by atoms with Gasteiger partial charge in [0.15, 0.2) is 12.5 Å². The van der Waals surface area contributed by atoms with E-state index in [1.54, 1.807) is 0 Å². The fourth-order valence-electron chi connectivity index (χ4n) is 3.30. The maximum atomic E-state index is 12.1. The molecule has 17 nitrogen and oxygen atoms in total. The van der Waals surface area contributed by atoms with Gasteiger partial charge in [0.25, 0.3) is 13.4 Å². The van der Waals surface area contributed by atoms with Gasteiger partial charge in [0, 0.05) is 18.7 Å². The molecule has 2 aliphatic heterocycles. The fourth-order valence-corrected chi connectivity index (χ4v) is 5.42. The zero-order chi connectivity index (χ0) is 25.4. The smallest absolute Gasteiger partial charge is 0.478 e. The predicted molar refractivity (Wildman–Crippen MR) is 104 cm³/mol. The van der Waals surface area contributed by atoms with E-state index >= 15 is 0 Å². The number of aliphatic hydroxyl groups is 4. The minimum absolute atomic E-state index is 0.0195. The average molecular weight is 533 g/mol. The number of hydrogen-bond acceptors (Lipinski definition) is 14. The molecule has 1 aromatic heterocycles. The number of hydrogen-bond donors (Lipinski definition) is 6. The Labute approximate surface area is 190 Å². The van der Waals surface area contributed by atoms with E-state index in [9.17, 15) is 48.9 Å². The normalized spacial score (nSPS) is 37.7. The van der Waals surface area contributed by atoms with Gasteiger partial charge in [-0.15, -0.1) is 0 Å². The van der Waals surface area contributed by atoms with Crippen molar-refractivity contribution in [1.29, 1.82) is 0 Å². The zero-order valence-electron chi connectivity index (χ0n) is 17.3. The molecule has 6 N–H and O–H groups in total. The number of aromatic amines is 1. The van der Waals surface area contributed by atoms with Gasteiger partial charge >= 0.3 is 13.5 Å². The Hall–Kier alpha value is -1.30. The van der Waals surface area contributed by atoms with Crippen molar-refractivity contribution >= 4 is 15.6 Å². The van der Waals surface area contributed by atoms with Gasteiger partial charge in [-0.2, -0.15) is 0 Å². The highest BCUT2D eigenvalue weighted by atomic mass is 31.3. The van der Waals surface area contributed by atoms with Crippen LogP contribution in [0.25, 0.3) is 0 Å². The van der Waals surface area contributed by atoms with Crippen LogP contribution in [0, 0.1) is 0 Å². The summed E-state index contributed by atoms with van der Waals surface area (Å²) in [6, 6.07) is 0.946. The van der Waals surface area contributed by atoms with Crippen LogP contribution in [0.3, 0.4) is 0 Å². The summed E-state index contributed by atoms with van der Waals surface area (Å²) in [5, 5.41) is 39.7. The molecule has 3 rings (SSSR count). The third kappa shape index (κ3) is 6.47. The minimum Gasteiger partial charge on any atom is -0.756 e. The summed E-state index contributed by atoms with van der Waals surface area (Å²) >= 11 is 0. The number of ether oxygens (including phenoxy) is 2. The first kappa shape index (κ1) is 27.3. The Morgan fingerprint density at radius 1 is 1.18 bits per heavy atom. The van der Waals surface area contributed by atoms with Crippen molar-refractivity contribution < 1.29 is 62.2 Å². The van der Waals surface area contributed by atoms with E-state index in [0.29, 0.717) is 0 Å². The molecule has 1 aromatic rings. The molecule has 0 amide bonds. The number of H-pyrrole nitrogens is 1. The third-order valence-electron chi connectivity index (χ3n) is 4.91. The van der Waals surface area contributed by atoms with Gasteiger partial charge in [-0.25, -0.2) is 13.7 Å². The monoisotopic (exact) mass is 533 g/mol. The molecular weight excluding hydrogens is 510 g/mol. The van der Waals surface area contributed by atoms with Crippen LogP contribution >= 0.6 is 15.6 Å². The van der Waals surface area contributed by atoms with Gasteiger partial charge in [0.05, 0.1) is 18.8 Å². The van der Waals surface area contributed by atoms with Gasteiger partial charge in [-0.05, 0) is 6.92 Å². The quantitative estimate of drug-likeness (QED) is 0.178. The maximum Gasteiger partial charge on any atom is 0.478 e. The maximum absolute atomic E-state index is 12.1. The number of rotatable bonds is 8. The molecule has 2 aliphatic rings. The Morgan fingerprint density at radius 2 is 1.85 bits per heavy atom. The van der Waals surface area contributed by atoms with E-state index in [0.717, 1.165) is 16.8 Å². The molecule has 10 atom stereocenters. The van der Waals surface area contributed by atoms with E-state index in [2.05, 4.69) is 13.4 Å². The van der Waals surface area contributed by atoms with Crippen molar-refractivity contribution in [2.24, 2.45) is 0 Å². The summed E-state index contributed by atoms with van der Waals surface area (Å²) < 4.78 is 48.0. The highest BCUT2D eigenvalue weighted by molar-refractivity contribution is 7.60. The van der Waals surface area contributed by atoms with E-state index in [4.69, 9.17) is 9.47 Å². The van der Waals surface area contributed by atoms with Gasteiger partial charge in [-0.3, -0.25) is 28.0 Å². The fraction of sp³-hybridized carbons (Fsp3) is 0.733. The van der Waals surface area contributed by atoms with Crippen LogP contribution in [0.5, 0.6) is 0 Å². The van der Waals surface area contributed by atoms with Crippen LogP contribution in [-0.2, 0) is 32.0 Å². The first-order valence-corrected chi connectivity index (χ1v) is 12.7. The second-order valence-electron chi connectivity index (χ2n) is 7.57. The molecule has 0 aliphatic carbocycles. The minimum atomic E-state index is -5.65. The largest absolute Gasteiger partial charge is 0.756 e. The van der Waals surface area contributed by atoms with Gasteiger partial charge < -0.3 is 39.7 Å². The summed E-state index contributed by atoms with van der Waals surface area (Å²) in [6.07, 6.45) is -11.4. The summed E-state index contributed by atoms with van der Waals surface area (Å²) in [6.45, 7) is 0.469. The number of aliphatic hydroxyl groups excluding tert-OH is 4. The molecule has 2 saturated heterocycles. The van der Waals surface area contributed by atoms with Crippen molar-refractivity contribution in [2.45, 2.75) is 62.5 Å². The zero-order valence-corrected chi connectivity index (χ0v) is 19.1. The van der Waals surface area contributed by atoms with E-state index in [-0.39, 0.29) is 6.42 Å². The van der Waals surface area contributed by atoms with Gasteiger partial charge in [0.1, 0.15) is 24.4 Å². The van der Waals surface area contributed by atoms with Crippen molar-refractivity contribution in [3.63, 3.8) is 0 Å². The molecule has 34 heavy (non-hydrogen) atoms. The number of phosphoric ester groups is 2. The molecule has 0 saturated carbocycles. The first-order chi connectivity index (χ1) is 15.7. The van der Waals surface area contributed by atoms with Crippen LogP contribution in [0.4, 0.5) is 0 Å². The summed E-state index contributed by atoms with van der Waals surface area (Å²) in [5.41, 5.74) is -1.70. The first-order valence-electron chi connectivity index (χ1n) is 9.72. The average Bonchev–Trinajstić information content (AvgIpc) is 2.97. The van der Waals surface area contributed by atoms with E-state index < -0.39 is 82.6 Å². The van der Waals surface area contributed by atoms with Crippen molar-refractivity contribution in [2.75, 3.05) is 6.61 Å². The lowest BCUT2D eigenvalue weighted by Crippen LogP contribution is -2.48. The second kappa shape index (κ2) is 10.4. The lowest BCUT2D eigenvalue weighted by atomic mass is 10.0. The highest BCUT2D eigenvalue weighted by Crippen LogP contribution is 2.59. The molecule has 0 bridgehead atoms. The van der Waals surface area contributed by atoms with Gasteiger partial charge in [0.2, 0.25) is 0 Å². The molecule has 19 heteroatoms. The van der Waals surface area contributed by atoms with Crippen LogP contribution < -0.4 is 16.1 Å². The third-order valence-corrected chi connectivity index (χ3v) is 7.48. The Kier molecular flexibility index (Phi) is 8.32. The molecular formula is C15H23N2O15P2-. The number of nitrogens with one attached hydrogen (secondary N) is 1. The van der Waals surface area contributed by atoms with Crippen molar-refractivity contribution in [3.05, 3.63) is 33.1 Å². The summed E-state index contributed by atoms with van der Waals surface area (Å²) in [4.78, 5) is 46.7. The molecule has 2 fully saturated rings. The number of nitrogens with zero attached hydrogens (tertiary/aromatic N) is 1. The molecule has 194 valence electrons. The molecule has 3 heterocycles. The lowest BCUT2D eigenvalue weighted by Gasteiger charge is -2.38. The Morgan fingerprint density at radius 3 is 2.50 bits per heavy atom. The molecule has 0 radical (unpaired) electrons. The van der Waals surface area contributed by atoms with E-state index in [1.807, 2.05) is 4.98 Å². The van der Waals surface area contributed by atoms with Crippen molar-refractivity contribution in [1.82, 2.24) is 9.55 Å². The van der Waals surface area contributed by atoms with Crippen LogP contribution in [-0.4, -0.2) is 84.4 Å². The molecule has 0 aromatic carbocycles. The SMILES string of the molecule is CC1C[C@H](O)C(O)[C@H](OP(=O)([O-])OP(=O)(O)OC[C@H]2O[C@@H](n3ccc(=O)[nH]c3=O)C(O)[C@H]2O)O1. The Bertz CT molecular complexity index is 1080. The van der Waals surface area contributed by atoms with Crippen molar-refractivity contribution in [3.8, 4) is 0 Å². The van der Waals surface area contributed by atoms with Crippen LogP contribution in [0.1, 0.15) is 19.6 Å². The number of phosphoric acid groups is 2. The second-order valence-corrected chi connectivity index (χ2v) is 10.5. The lowest BCUT2D eigenvalue weighted by molar-refractivity contribution is -0.276. The van der Waals surface area contributed by atoms with Gasteiger partial charge in [-0.1, -0.05) is 0 Å². The summed E-state index contributed by atoms with van der Waals surface area (Å²) in [7, 11) is -11.1. The van der Waals surface area contributed by atoms with Crippen LogP contribution in [0.2, 0.25) is 0 Å². The van der Waals surface area contributed by atoms with Crippen LogP contribution in [0.15, 0.2) is 21.9 Å². The molecule has 0 spiro atoms. The standard InChI is InChI=1S/C15H24N2O15P2/c1-6-4-7(18)10(20)14(29-6)31-34(26,27)32-33(24,25)28-5-8-11(21)12(22)13(30-8)17-3-2-9(19)16-15(17)23/h2-3,6-8,10-14,18,20-22H,4-5H2,1H3,(H,24,25)(H,26,27)(H,16,19,23)/p-1/t6?,7-,8+,10?,11-,12?,13+,14-/m0/s1. The Balaban J connectivity index is 1.60.